The number of halogens is 1. The van der Waals surface area contributed by atoms with Crippen molar-refractivity contribution in [1.82, 2.24) is 0 Å². The first-order chi connectivity index (χ1) is 18.8. The van der Waals surface area contributed by atoms with Crippen LogP contribution in [-0.2, 0) is 20.7 Å². The molecule has 2 N–H and O–H groups in total. The Morgan fingerprint density at radius 2 is 1.55 bits per heavy atom. The molecule has 1 unspecified atom stereocenters. The van der Waals surface area contributed by atoms with Crippen LogP contribution in [0.25, 0.3) is 11.1 Å². The SMILES string of the molecule is CC(C)(C)OC(=O)Cc1ccc2c(c1)C(c1ccc(OCC[18F])cc1)Nc1cc(NC(=O)OC(C)(C)C)ccc1-2. The quantitative estimate of drug-likeness (QED) is 0.299. The van der Waals surface area contributed by atoms with Gasteiger partial charge in [0.2, 0.25) is 0 Å². The summed E-state index contributed by atoms with van der Waals surface area (Å²) < 4.78 is 28.9. The number of amides is 1. The molecule has 0 aliphatic carbocycles. The normalized spacial score (nSPS) is 14.3. The van der Waals surface area contributed by atoms with E-state index in [4.69, 9.17) is 14.2 Å². The number of anilines is 2. The van der Waals surface area contributed by atoms with Crippen LogP contribution in [0, 0.1) is 0 Å². The summed E-state index contributed by atoms with van der Waals surface area (Å²) in [5.74, 6) is 0.292. The highest BCUT2D eigenvalue weighted by Crippen LogP contribution is 2.44. The molecular weight excluding hydrogens is 510 g/mol. The zero-order valence-electron chi connectivity index (χ0n) is 23.9. The zero-order valence-corrected chi connectivity index (χ0v) is 23.9. The average molecular weight is 548 g/mol. The van der Waals surface area contributed by atoms with E-state index in [1.807, 2.05) is 102 Å². The number of alkyl halides is 1. The predicted octanol–water partition coefficient (Wildman–Crippen LogP) is 7.45. The van der Waals surface area contributed by atoms with Gasteiger partial charge in [-0.1, -0.05) is 36.4 Å². The van der Waals surface area contributed by atoms with Gasteiger partial charge in [0.1, 0.15) is 30.2 Å². The summed E-state index contributed by atoms with van der Waals surface area (Å²) in [7, 11) is 0. The third kappa shape index (κ3) is 7.52. The minimum absolute atomic E-state index is 0.00131. The van der Waals surface area contributed by atoms with Gasteiger partial charge in [0, 0.05) is 16.9 Å². The number of hydrogen-bond acceptors (Lipinski definition) is 6. The first-order valence-corrected chi connectivity index (χ1v) is 13.4. The van der Waals surface area contributed by atoms with Gasteiger partial charge in [0.15, 0.2) is 0 Å². The van der Waals surface area contributed by atoms with Crippen LogP contribution in [0.5, 0.6) is 5.75 Å². The summed E-state index contributed by atoms with van der Waals surface area (Å²) in [6, 6.07) is 18.9. The van der Waals surface area contributed by atoms with Crippen LogP contribution in [0.2, 0.25) is 0 Å². The van der Waals surface area contributed by atoms with Crippen LogP contribution in [0.15, 0.2) is 60.7 Å². The van der Waals surface area contributed by atoms with E-state index in [1.165, 1.54) is 0 Å². The maximum Gasteiger partial charge on any atom is 0.412 e. The van der Waals surface area contributed by atoms with Crippen molar-refractivity contribution in [1.29, 1.82) is 0 Å². The molecule has 0 aromatic heterocycles. The van der Waals surface area contributed by atoms with E-state index in [1.54, 1.807) is 0 Å². The van der Waals surface area contributed by atoms with E-state index in [0.29, 0.717) is 11.4 Å². The Hall–Kier alpha value is -4.07. The van der Waals surface area contributed by atoms with Crippen molar-refractivity contribution in [2.75, 3.05) is 23.9 Å². The number of carbonyl (C=O) groups excluding carboxylic acids is 2. The summed E-state index contributed by atoms with van der Waals surface area (Å²) in [6.45, 7) is 10.4. The molecule has 0 saturated carbocycles. The van der Waals surface area contributed by atoms with Crippen molar-refractivity contribution in [3.63, 3.8) is 0 Å². The molecule has 1 aliphatic rings. The van der Waals surface area contributed by atoms with Crippen LogP contribution in [0.4, 0.5) is 20.6 Å². The van der Waals surface area contributed by atoms with Crippen molar-refractivity contribution < 1.29 is 28.2 Å². The highest BCUT2D eigenvalue weighted by atomic mass is 18.2. The van der Waals surface area contributed by atoms with E-state index >= 15 is 0 Å². The second-order valence-corrected chi connectivity index (χ2v) is 11.8. The first-order valence-electron chi connectivity index (χ1n) is 13.4. The Morgan fingerprint density at radius 3 is 2.20 bits per heavy atom. The van der Waals surface area contributed by atoms with Crippen LogP contribution < -0.4 is 15.4 Å². The van der Waals surface area contributed by atoms with Crippen molar-refractivity contribution in [2.45, 2.75) is 65.2 Å². The van der Waals surface area contributed by atoms with Crippen LogP contribution >= 0.6 is 0 Å². The fourth-order valence-corrected chi connectivity index (χ4v) is 4.56. The molecule has 3 aromatic carbocycles. The lowest BCUT2D eigenvalue weighted by Gasteiger charge is -2.31. The molecule has 1 heterocycles. The average Bonchev–Trinajstić information content (AvgIpc) is 2.84. The lowest BCUT2D eigenvalue weighted by atomic mass is 9.85. The largest absolute Gasteiger partial charge is 0.491 e. The number of carbonyl (C=O) groups is 2. The lowest BCUT2D eigenvalue weighted by molar-refractivity contribution is -0.153. The number of ether oxygens (including phenoxy) is 3. The number of benzene rings is 3. The Bertz CT molecular complexity index is 1370. The Kier molecular flexibility index (Phi) is 8.37. The highest BCUT2D eigenvalue weighted by Gasteiger charge is 2.27. The maximum absolute atomic E-state index is 12.6. The molecule has 4 rings (SSSR count). The molecule has 8 heteroatoms. The maximum atomic E-state index is 12.6. The molecule has 0 saturated heterocycles. The van der Waals surface area contributed by atoms with E-state index < -0.39 is 24.0 Å². The molecule has 0 radical (unpaired) electrons. The van der Waals surface area contributed by atoms with Crippen molar-refractivity contribution >= 4 is 23.4 Å². The number of rotatable bonds is 7. The smallest absolute Gasteiger partial charge is 0.412 e. The zero-order chi connectivity index (χ0) is 29.1. The number of esters is 1. The van der Waals surface area contributed by atoms with Crippen molar-refractivity contribution in [2.24, 2.45) is 0 Å². The van der Waals surface area contributed by atoms with Crippen LogP contribution in [0.1, 0.15) is 64.3 Å². The summed E-state index contributed by atoms with van der Waals surface area (Å²) in [5.41, 5.74) is 5.03. The fraction of sp³-hybridized carbons (Fsp3) is 0.375. The number of hydrogen-bond donors (Lipinski definition) is 2. The minimum Gasteiger partial charge on any atom is -0.491 e. The van der Waals surface area contributed by atoms with E-state index in [9.17, 15) is 14.0 Å². The van der Waals surface area contributed by atoms with Crippen LogP contribution in [-0.4, -0.2) is 36.5 Å². The van der Waals surface area contributed by atoms with Gasteiger partial charge in [-0.25, -0.2) is 9.18 Å². The molecule has 3 aromatic rings. The molecule has 0 spiro atoms. The Balaban J connectivity index is 1.69. The molecule has 0 fully saturated rings. The molecule has 1 aliphatic heterocycles. The monoisotopic (exact) mass is 547 g/mol. The molecule has 7 nitrogen and oxygen atoms in total. The third-order valence-electron chi connectivity index (χ3n) is 6.01. The summed E-state index contributed by atoms with van der Waals surface area (Å²) in [4.78, 5) is 24.9. The molecule has 1 atom stereocenters. The number of fused-ring (bicyclic) bond motifs is 3. The molecule has 212 valence electrons. The van der Waals surface area contributed by atoms with E-state index in [0.717, 1.165) is 33.5 Å². The first kappa shape index (κ1) is 28.9. The van der Waals surface area contributed by atoms with E-state index in [-0.39, 0.29) is 25.0 Å². The molecule has 1 amide bonds. The van der Waals surface area contributed by atoms with Crippen molar-refractivity contribution in [3.8, 4) is 16.9 Å². The third-order valence-corrected chi connectivity index (χ3v) is 6.01. The second-order valence-electron chi connectivity index (χ2n) is 11.8. The highest BCUT2D eigenvalue weighted by molar-refractivity contribution is 5.91. The van der Waals surface area contributed by atoms with E-state index in [2.05, 4.69) is 10.6 Å². The molecule has 0 bridgehead atoms. The standard InChI is InChI=1S/C32H37FN2O5/c1-31(2,3)39-28(36)18-20-7-13-24-25-14-10-22(34-30(37)40-32(4,5)6)19-27(25)35-29(26(24)17-20)21-8-11-23(12-9-21)38-16-15-33/h7-14,17,19,29,35H,15-16,18H2,1-6H3,(H,34,37)/i33-1. The minimum atomic E-state index is -0.613. The molecular formula is C32H37FN2O5. The summed E-state index contributed by atoms with van der Waals surface area (Å²) >= 11 is 0. The van der Waals surface area contributed by atoms with Gasteiger partial charge in [-0.3, -0.25) is 10.1 Å². The van der Waals surface area contributed by atoms with Gasteiger partial charge in [-0.15, -0.1) is 0 Å². The molecule has 40 heavy (non-hydrogen) atoms. The Labute approximate surface area is 235 Å². The summed E-state index contributed by atoms with van der Waals surface area (Å²) in [6.07, 6.45) is -0.380. The van der Waals surface area contributed by atoms with Crippen molar-refractivity contribution in [3.05, 3.63) is 77.4 Å². The second kappa shape index (κ2) is 11.6. The Morgan fingerprint density at radius 1 is 0.875 bits per heavy atom. The van der Waals surface area contributed by atoms with Gasteiger partial charge in [-0.05, 0) is 88.1 Å². The van der Waals surface area contributed by atoms with Gasteiger partial charge in [0.05, 0.1) is 12.5 Å². The fourth-order valence-electron chi connectivity index (χ4n) is 4.56. The predicted molar refractivity (Wildman–Crippen MR) is 155 cm³/mol. The lowest BCUT2D eigenvalue weighted by Crippen LogP contribution is -2.27. The van der Waals surface area contributed by atoms with Gasteiger partial charge in [-0.2, -0.15) is 0 Å². The van der Waals surface area contributed by atoms with Gasteiger partial charge >= 0.3 is 12.1 Å². The van der Waals surface area contributed by atoms with Gasteiger partial charge < -0.3 is 19.5 Å². The number of nitrogens with one attached hydrogen (secondary N) is 2. The summed E-state index contributed by atoms with van der Waals surface area (Å²) in [5, 5.41) is 6.41. The van der Waals surface area contributed by atoms with Gasteiger partial charge in [0.25, 0.3) is 0 Å². The van der Waals surface area contributed by atoms with Crippen LogP contribution in [0.3, 0.4) is 0 Å². The topological polar surface area (TPSA) is 85.9 Å².